The van der Waals surface area contributed by atoms with Crippen LogP contribution < -0.4 is 16.4 Å². The number of benzene rings is 1. The lowest BCUT2D eigenvalue weighted by molar-refractivity contribution is -0.146. The van der Waals surface area contributed by atoms with E-state index in [2.05, 4.69) is 15.4 Å². The van der Waals surface area contributed by atoms with Crippen LogP contribution in [0, 0.1) is 6.92 Å². The standard InChI is InChI=1S/C26H40N4O8/c1-8-16(3)30(24(35)18(10-12-20(27)32)29-25(36)38-26(4,5)6)22(23(34)28-14-21(33)37-7)17-9-11-19(31)15(2)13-17/h9,11,13,16,18,22,31H,8,10,12,14H2,1-7H3,(H2,27,32)(H,28,34)(H,29,36). The molecule has 5 N–H and O–H groups in total. The van der Waals surface area contributed by atoms with Crippen LogP contribution in [0.2, 0.25) is 0 Å². The van der Waals surface area contributed by atoms with Crippen LogP contribution in [-0.4, -0.2) is 71.1 Å². The van der Waals surface area contributed by atoms with Crippen LogP contribution in [0.4, 0.5) is 4.79 Å². The highest BCUT2D eigenvalue weighted by atomic mass is 16.6. The van der Waals surface area contributed by atoms with Crippen molar-refractivity contribution in [1.29, 1.82) is 0 Å². The van der Waals surface area contributed by atoms with Gasteiger partial charge in [0.05, 0.1) is 7.11 Å². The van der Waals surface area contributed by atoms with Crippen LogP contribution in [-0.2, 0) is 28.7 Å². The third-order valence-electron chi connectivity index (χ3n) is 5.69. The molecule has 4 amide bonds. The van der Waals surface area contributed by atoms with Crippen LogP contribution in [0.25, 0.3) is 0 Å². The van der Waals surface area contributed by atoms with Crippen LogP contribution >= 0.6 is 0 Å². The molecule has 1 rings (SSSR count). The lowest BCUT2D eigenvalue weighted by Crippen LogP contribution is -2.55. The van der Waals surface area contributed by atoms with E-state index < -0.39 is 60.1 Å². The Morgan fingerprint density at radius 1 is 1.16 bits per heavy atom. The van der Waals surface area contributed by atoms with Crippen molar-refractivity contribution in [2.24, 2.45) is 5.73 Å². The molecule has 3 unspecified atom stereocenters. The summed E-state index contributed by atoms with van der Waals surface area (Å²) in [6.07, 6.45) is -0.793. The molecule has 0 aliphatic heterocycles. The summed E-state index contributed by atoms with van der Waals surface area (Å²) in [7, 11) is 1.18. The highest BCUT2D eigenvalue weighted by Crippen LogP contribution is 2.29. The van der Waals surface area contributed by atoms with Gasteiger partial charge in [0.2, 0.25) is 17.7 Å². The van der Waals surface area contributed by atoms with Crippen molar-refractivity contribution in [2.75, 3.05) is 13.7 Å². The first-order valence-corrected chi connectivity index (χ1v) is 12.3. The van der Waals surface area contributed by atoms with E-state index in [4.69, 9.17) is 10.5 Å². The molecule has 12 nitrogen and oxygen atoms in total. The Bertz CT molecular complexity index is 1020. The smallest absolute Gasteiger partial charge is 0.408 e. The van der Waals surface area contributed by atoms with E-state index in [1.54, 1.807) is 40.7 Å². The molecule has 0 aliphatic rings. The number of methoxy groups -OCH3 is 1. The van der Waals surface area contributed by atoms with Gasteiger partial charge in [0.25, 0.3) is 0 Å². The first-order chi connectivity index (χ1) is 17.6. The largest absolute Gasteiger partial charge is 0.508 e. The molecule has 12 heteroatoms. The van der Waals surface area contributed by atoms with E-state index in [0.717, 1.165) is 0 Å². The maximum absolute atomic E-state index is 14.0. The number of aryl methyl sites for hydroxylation is 1. The molecule has 0 bridgehead atoms. The van der Waals surface area contributed by atoms with Gasteiger partial charge in [-0.2, -0.15) is 0 Å². The summed E-state index contributed by atoms with van der Waals surface area (Å²) >= 11 is 0. The molecule has 0 aromatic heterocycles. The molecular weight excluding hydrogens is 496 g/mol. The number of alkyl carbamates (subject to hydrolysis) is 1. The zero-order valence-electron chi connectivity index (χ0n) is 23.1. The van der Waals surface area contributed by atoms with E-state index in [-0.39, 0.29) is 18.6 Å². The molecule has 38 heavy (non-hydrogen) atoms. The number of phenolic OH excluding ortho intramolecular Hbond substituents is 1. The van der Waals surface area contributed by atoms with E-state index in [9.17, 15) is 29.1 Å². The zero-order chi connectivity index (χ0) is 29.2. The Labute approximate surface area is 223 Å². The number of ether oxygens (including phenoxy) is 2. The second kappa shape index (κ2) is 14.2. The number of nitrogens with one attached hydrogen (secondary N) is 2. The first kappa shape index (κ1) is 32.2. The predicted molar refractivity (Wildman–Crippen MR) is 139 cm³/mol. The van der Waals surface area contributed by atoms with Gasteiger partial charge in [-0.25, -0.2) is 4.79 Å². The predicted octanol–water partition coefficient (Wildman–Crippen LogP) is 1.82. The van der Waals surface area contributed by atoms with Gasteiger partial charge in [-0.05, 0) is 70.7 Å². The Morgan fingerprint density at radius 3 is 2.29 bits per heavy atom. The third kappa shape index (κ3) is 9.91. The molecule has 0 saturated heterocycles. The fourth-order valence-corrected chi connectivity index (χ4v) is 3.58. The fraction of sp³-hybridized carbons (Fsp3) is 0.577. The Morgan fingerprint density at radius 2 is 1.79 bits per heavy atom. The summed E-state index contributed by atoms with van der Waals surface area (Å²) in [6, 6.07) is 1.42. The van der Waals surface area contributed by atoms with E-state index in [1.165, 1.54) is 24.1 Å². The highest BCUT2D eigenvalue weighted by Gasteiger charge is 2.38. The Hall–Kier alpha value is -3.83. The van der Waals surface area contributed by atoms with Crippen molar-refractivity contribution in [1.82, 2.24) is 15.5 Å². The Kier molecular flexibility index (Phi) is 12.0. The van der Waals surface area contributed by atoms with Gasteiger partial charge in [-0.1, -0.05) is 13.0 Å². The fourth-order valence-electron chi connectivity index (χ4n) is 3.58. The molecule has 0 saturated carbocycles. The number of esters is 1. The molecule has 0 aliphatic carbocycles. The number of primary amides is 1. The topological polar surface area (TPSA) is 177 Å². The van der Waals surface area contributed by atoms with Crippen LogP contribution in [0.5, 0.6) is 5.75 Å². The van der Waals surface area contributed by atoms with Crippen molar-refractivity contribution in [3.63, 3.8) is 0 Å². The quantitative estimate of drug-likeness (QED) is 0.292. The summed E-state index contributed by atoms with van der Waals surface area (Å²) in [5, 5.41) is 15.0. The number of phenols is 1. The lowest BCUT2D eigenvalue weighted by Gasteiger charge is -2.38. The molecule has 0 radical (unpaired) electrons. The average molecular weight is 537 g/mol. The molecule has 212 valence electrons. The van der Waals surface area contributed by atoms with Gasteiger partial charge in [0, 0.05) is 12.5 Å². The van der Waals surface area contributed by atoms with Gasteiger partial charge in [-0.3, -0.25) is 19.2 Å². The molecule has 0 fully saturated rings. The second-order valence-electron chi connectivity index (χ2n) is 9.95. The van der Waals surface area contributed by atoms with Gasteiger partial charge >= 0.3 is 12.1 Å². The molecule has 1 aromatic rings. The number of aromatic hydroxyl groups is 1. The number of carbonyl (C=O) groups is 5. The van der Waals surface area contributed by atoms with Gasteiger partial charge in [-0.15, -0.1) is 0 Å². The summed E-state index contributed by atoms with van der Waals surface area (Å²) in [5.74, 6) is -2.71. The zero-order valence-corrected chi connectivity index (χ0v) is 23.1. The number of nitrogens with two attached hydrogens (primary N) is 1. The molecule has 0 spiro atoms. The monoisotopic (exact) mass is 536 g/mol. The second-order valence-corrected chi connectivity index (χ2v) is 9.95. The number of rotatable bonds is 12. The maximum atomic E-state index is 14.0. The van der Waals surface area contributed by atoms with Crippen molar-refractivity contribution >= 4 is 29.8 Å². The average Bonchev–Trinajstić information content (AvgIpc) is 2.82. The Balaban J connectivity index is 3.58. The van der Waals surface area contributed by atoms with Gasteiger partial charge < -0.3 is 35.8 Å². The molecular formula is C26H40N4O8. The number of amides is 4. The minimum atomic E-state index is -1.25. The maximum Gasteiger partial charge on any atom is 0.408 e. The number of hydrogen-bond donors (Lipinski definition) is 4. The van der Waals surface area contributed by atoms with Crippen molar-refractivity contribution in [2.45, 2.75) is 84.5 Å². The van der Waals surface area contributed by atoms with Crippen LogP contribution in [0.1, 0.15) is 71.0 Å². The molecule has 1 aromatic carbocycles. The van der Waals surface area contributed by atoms with E-state index in [0.29, 0.717) is 17.5 Å². The molecule has 0 heterocycles. The van der Waals surface area contributed by atoms with Crippen molar-refractivity contribution in [3.8, 4) is 5.75 Å². The van der Waals surface area contributed by atoms with Gasteiger partial charge in [0.1, 0.15) is 30.0 Å². The van der Waals surface area contributed by atoms with E-state index in [1.807, 2.05) is 6.92 Å². The van der Waals surface area contributed by atoms with Crippen molar-refractivity contribution < 1.29 is 38.6 Å². The van der Waals surface area contributed by atoms with Crippen molar-refractivity contribution in [3.05, 3.63) is 29.3 Å². The van der Waals surface area contributed by atoms with Gasteiger partial charge in [0.15, 0.2) is 0 Å². The summed E-state index contributed by atoms with van der Waals surface area (Å²) in [5.41, 5.74) is 5.28. The highest BCUT2D eigenvalue weighted by molar-refractivity contribution is 5.93. The summed E-state index contributed by atoms with van der Waals surface area (Å²) in [6.45, 7) is 9.72. The molecule has 3 atom stereocenters. The number of carbonyl (C=O) groups excluding carboxylic acids is 5. The van der Waals surface area contributed by atoms with Crippen LogP contribution in [0.3, 0.4) is 0 Å². The number of hydrogen-bond acceptors (Lipinski definition) is 8. The summed E-state index contributed by atoms with van der Waals surface area (Å²) < 4.78 is 9.90. The third-order valence-corrected chi connectivity index (χ3v) is 5.69. The lowest BCUT2D eigenvalue weighted by atomic mass is 9.97. The summed E-state index contributed by atoms with van der Waals surface area (Å²) in [4.78, 5) is 64.6. The van der Waals surface area contributed by atoms with Crippen LogP contribution in [0.15, 0.2) is 18.2 Å². The SMILES string of the molecule is CCC(C)N(C(=O)C(CCC(N)=O)NC(=O)OC(C)(C)C)C(C(=O)NCC(=O)OC)c1ccc(O)c(C)c1. The number of nitrogens with zero attached hydrogens (tertiary/aromatic N) is 1. The minimum absolute atomic E-state index is 0.00480. The first-order valence-electron chi connectivity index (χ1n) is 12.3. The normalized spacial score (nSPS) is 13.4. The minimum Gasteiger partial charge on any atom is -0.508 e. The van der Waals surface area contributed by atoms with E-state index >= 15 is 0 Å².